The average Bonchev–Trinajstić information content (AvgIpc) is 2.82. The van der Waals surface area contributed by atoms with Crippen molar-refractivity contribution in [3.63, 3.8) is 0 Å². The molecule has 5 heteroatoms. The topological polar surface area (TPSA) is 45.2 Å². The third-order valence-electron chi connectivity index (χ3n) is 2.85. The Morgan fingerprint density at radius 2 is 2.24 bits per heavy atom. The van der Waals surface area contributed by atoms with Gasteiger partial charge in [0.15, 0.2) is 0 Å². The molecule has 0 aromatic carbocycles. The van der Waals surface area contributed by atoms with E-state index in [0.29, 0.717) is 18.7 Å². The minimum atomic E-state index is -0.513. The smallest absolute Gasteiger partial charge is 0.224 e. The highest BCUT2D eigenvalue weighted by atomic mass is 19.1. The summed E-state index contributed by atoms with van der Waals surface area (Å²) in [5.74, 6) is -0.342. The Morgan fingerprint density at radius 1 is 1.47 bits per heavy atom. The second-order valence-electron chi connectivity index (χ2n) is 4.13. The third-order valence-corrected chi connectivity index (χ3v) is 2.85. The molecule has 1 amide bonds. The van der Waals surface area contributed by atoms with E-state index in [-0.39, 0.29) is 5.91 Å². The largest absolute Gasteiger partial charge is 0.384 e. The SMILES string of the molecule is O=C(CCNc1ccnc(F)c1)N1CCCC1. The average molecular weight is 237 g/mol. The summed E-state index contributed by atoms with van der Waals surface area (Å²) in [7, 11) is 0. The Labute approximate surface area is 99.8 Å². The molecule has 0 spiro atoms. The molecule has 1 aliphatic heterocycles. The van der Waals surface area contributed by atoms with E-state index >= 15 is 0 Å². The third kappa shape index (κ3) is 3.41. The van der Waals surface area contributed by atoms with Crippen LogP contribution in [0.4, 0.5) is 10.1 Å². The fourth-order valence-electron chi connectivity index (χ4n) is 1.95. The normalized spacial score (nSPS) is 15.0. The van der Waals surface area contributed by atoms with Crippen LogP contribution in [0, 0.1) is 5.95 Å². The zero-order chi connectivity index (χ0) is 12.1. The van der Waals surface area contributed by atoms with Gasteiger partial charge >= 0.3 is 0 Å². The van der Waals surface area contributed by atoms with Gasteiger partial charge in [-0.05, 0) is 18.9 Å². The standard InChI is InChI=1S/C12H16FN3O/c13-11-9-10(3-5-15-11)14-6-4-12(17)16-7-1-2-8-16/h3,5,9H,1-2,4,6-8H2,(H,14,15). The fourth-order valence-corrected chi connectivity index (χ4v) is 1.95. The van der Waals surface area contributed by atoms with E-state index in [1.165, 1.54) is 12.3 Å². The molecule has 1 aromatic rings. The summed E-state index contributed by atoms with van der Waals surface area (Å²) in [5.41, 5.74) is 0.659. The van der Waals surface area contributed by atoms with E-state index in [9.17, 15) is 9.18 Å². The number of halogens is 1. The summed E-state index contributed by atoms with van der Waals surface area (Å²) in [6, 6.07) is 3.00. The Kier molecular flexibility index (Phi) is 3.90. The molecular formula is C12H16FN3O. The summed E-state index contributed by atoms with van der Waals surface area (Å²) in [5, 5.41) is 3.01. The second-order valence-corrected chi connectivity index (χ2v) is 4.13. The Bertz CT molecular complexity index is 391. The minimum Gasteiger partial charge on any atom is -0.384 e. The molecule has 17 heavy (non-hydrogen) atoms. The number of likely N-dealkylation sites (tertiary alicyclic amines) is 1. The van der Waals surface area contributed by atoms with E-state index in [0.717, 1.165) is 25.9 Å². The first kappa shape index (κ1) is 11.8. The van der Waals surface area contributed by atoms with E-state index < -0.39 is 5.95 Å². The maximum atomic E-state index is 12.8. The minimum absolute atomic E-state index is 0.171. The van der Waals surface area contributed by atoms with Crippen molar-refractivity contribution < 1.29 is 9.18 Å². The molecule has 0 radical (unpaired) electrons. The van der Waals surface area contributed by atoms with Crippen molar-refractivity contribution in [3.05, 3.63) is 24.3 Å². The van der Waals surface area contributed by atoms with Crippen LogP contribution in [0.2, 0.25) is 0 Å². The number of carbonyl (C=O) groups excluding carboxylic acids is 1. The van der Waals surface area contributed by atoms with Crippen molar-refractivity contribution in [1.29, 1.82) is 0 Å². The Hall–Kier alpha value is -1.65. The lowest BCUT2D eigenvalue weighted by Crippen LogP contribution is -2.29. The van der Waals surface area contributed by atoms with E-state index in [2.05, 4.69) is 10.3 Å². The predicted molar refractivity (Wildman–Crippen MR) is 63.1 cm³/mol. The Morgan fingerprint density at radius 3 is 2.94 bits per heavy atom. The van der Waals surface area contributed by atoms with Crippen molar-refractivity contribution >= 4 is 11.6 Å². The van der Waals surface area contributed by atoms with Crippen LogP contribution in [-0.4, -0.2) is 35.4 Å². The van der Waals surface area contributed by atoms with Gasteiger partial charge in [-0.1, -0.05) is 0 Å². The summed E-state index contributed by atoms with van der Waals surface area (Å²) >= 11 is 0. The molecule has 1 aromatic heterocycles. The molecule has 0 atom stereocenters. The number of amides is 1. The lowest BCUT2D eigenvalue weighted by molar-refractivity contribution is -0.129. The van der Waals surface area contributed by atoms with Gasteiger partial charge in [-0.3, -0.25) is 4.79 Å². The first-order valence-corrected chi connectivity index (χ1v) is 5.89. The van der Waals surface area contributed by atoms with Crippen molar-refractivity contribution in [2.24, 2.45) is 0 Å². The van der Waals surface area contributed by atoms with Gasteiger partial charge in [0.05, 0.1) is 0 Å². The zero-order valence-electron chi connectivity index (χ0n) is 9.66. The molecule has 1 saturated heterocycles. The second kappa shape index (κ2) is 5.61. The Balaban J connectivity index is 1.73. The van der Waals surface area contributed by atoms with Crippen molar-refractivity contribution in [2.45, 2.75) is 19.3 Å². The number of aromatic nitrogens is 1. The first-order valence-electron chi connectivity index (χ1n) is 5.89. The summed E-state index contributed by atoms with van der Waals surface area (Å²) in [6.07, 6.45) is 4.06. The number of nitrogens with zero attached hydrogens (tertiary/aromatic N) is 2. The van der Waals surface area contributed by atoms with Crippen LogP contribution in [0.15, 0.2) is 18.3 Å². The maximum absolute atomic E-state index is 12.8. The van der Waals surface area contributed by atoms with Crippen LogP contribution in [0.5, 0.6) is 0 Å². The highest BCUT2D eigenvalue weighted by molar-refractivity contribution is 5.76. The number of hydrogen-bond donors (Lipinski definition) is 1. The lowest BCUT2D eigenvalue weighted by Gasteiger charge is -2.15. The van der Waals surface area contributed by atoms with Gasteiger partial charge in [-0.2, -0.15) is 4.39 Å². The quantitative estimate of drug-likeness (QED) is 0.810. The molecular weight excluding hydrogens is 221 g/mol. The number of carbonyl (C=O) groups is 1. The fraction of sp³-hybridized carbons (Fsp3) is 0.500. The molecule has 4 nitrogen and oxygen atoms in total. The molecule has 1 fully saturated rings. The zero-order valence-corrected chi connectivity index (χ0v) is 9.66. The van der Waals surface area contributed by atoms with Gasteiger partial charge in [-0.15, -0.1) is 0 Å². The molecule has 0 bridgehead atoms. The number of anilines is 1. The summed E-state index contributed by atoms with van der Waals surface area (Å²) in [6.45, 7) is 2.28. The number of pyridine rings is 1. The highest BCUT2D eigenvalue weighted by Gasteiger charge is 2.16. The first-order chi connectivity index (χ1) is 8.25. The molecule has 92 valence electrons. The van der Waals surface area contributed by atoms with E-state index in [4.69, 9.17) is 0 Å². The molecule has 0 unspecified atom stereocenters. The molecule has 2 rings (SSSR count). The van der Waals surface area contributed by atoms with Crippen molar-refractivity contribution in [3.8, 4) is 0 Å². The van der Waals surface area contributed by atoms with Gasteiger partial charge in [0.25, 0.3) is 0 Å². The molecule has 1 N–H and O–H groups in total. The summed E-state index contributed by atoms with van der Waals surface area (Å²) < 4.78 is 12.8. The maximum Gasteiger partial charge on any atom is 0.224 e. The number of hydrogen-bond acceptors (Lipinski definition) is 3. The number of rotatable bonds is 4. The molecule has 2 heterocycles. The van der Waals surface area contributed by atoms with Crippen molar-refractivity contribution in [1.82, 2.24) is 9.88 Å². The van der Waals surface area contributed by atoms with Gasteiger partial charge in [-0.25, -0.2) is 4.98 Å². The lowest BCUT2D eigenvalue weighted by atomic mass is 10.3. The number of nitrogens with one attached hydrogen (secondary N) is 1. The molecule has 0 saturated carbocycles. The van der Waals surface area contributed by atoms with Gasteiger partial charge < -0.3 is 10.2 Å². The van der Waals surface area contributed by atoms with Gasteiger partial charge in [0.2, 0.25) is 11.9 Å². The van der Waals surface area contributed by atoms with E-state index in [1.807, 2.05) is 4.90 Å². The molecule has 1 aliphatic rings. The van der Waals surface area contributed by atoms with Crippen molar-refractivity contribution in [2.75, 3.05) is 25.0 Å². The van der Waals surface area contributed by atoms with Crippen LogP contribution in [0.1, 0.15) is 19.3 Å². The van der Waals surface area contributed by atoms with Crippen LogP contribution in [0.3, 0.4) is 0 Å². The highest BCUT2D eigenvalue weighted by Crippen LogP contribution is 2.10. The van der Waals surface area contributed by atoms with Crippen LogP contribution in [-0.2, 0) is 4.79 Å². The van der Waals surface area contributed by atoms with Crippen LogP contribution < -0.4 is 5.32 Å². The van der Waals surface area contributed by atoms with Crippen LogP contribution >= 0.6 is 0 Å². The monoisotopic (exact) mass is 237 g/mol. The van der Waals surface area contributed by atoms with Gasteiger partial charge in [0, 0.05) is 44.0 Å². The predicted octanol–water partition coefficient (Wildman–Crippen LogP) is 1.65. The van der Waals surface area contributed by atoms with Crippen LogP contribution in [0.25, 0.3) is 0 Å². The summed E-state index contributed by atoms with van der Waals surface area (Å²) in [4.78, 5) is 17.0. The van der Waals surface area contributed by atoms with Gasteiger partial charge in [0.1, 0.15) is 0 Å². The van der Waals surface area contributed by atoms with E-state index in [1.54, 1.807) is 6.07 Å². The molecule has 0 aliphatic carbocycles.